The van der Waals surface area contributed by atoms with Crippen LogP contribution in [0.15, 0.2) is 40.9 Å². The number of nitrogens with zero attached hydrogens (tertiary/aromatic N) is 3. The van der Waals surface area contributed by atoms with E-state index in [4.69, 9.17) is 20.8 Å². The number of anilines is 1. The van der Waals surface area contributed by atoms with Gasteiger partial charge in [-0.2, -0.15) is 4.98 Å². The summed E-state index contributed by atoms with van der Waals surface area (Å²) in [5, 5.41) is 12.3. The van der Waals surface area contributed by atoms with Crippen molar-refractivity contribution in [3.05, 3.63) is 47.1 Å². The van der Waals surface area contributed by atoms with E-state index in [2.05, 4.69) is 31.2 Å². The maximum atomic E-state index is 14.8. The number of carbonyl (C=O) groups is 5. The number of para-hydroxylation sites is 1. The molecule has 0 spiro atoms. The van der Waals surface area contributed by atoms with Gasteiger partial charge in [-0.05, 0) is 68.1 Å². The molecule has 302 valence electrons. The van der Waals surface area contributed by atoms with Crippen molar-refractivity contribution >= 4 is 58.1 Å². The van der Waals surface area contributed by atoms with Gasteiger partial charge in [-0.3, -0.25) is 24.0 Å². The van der Waals surface area contributed by atoms with E-state index in [1.165, 1.54) is 11.1 Å². The van der Waals surface area contributed by atoms with Crippen LogP contribution in [0.3, 0.4) is 0 Å². The number of likely N-dealkylation sites (tertiary alicyclic amines) is 1. The van der Waals surface area contributed by atoms with Crippen LogP contribution in [0.25, 0.3) is 11.1 Å². The molecule has 0 bridgehead atoms. The van der Waals surface area contributed by atoms with Gasteiger partial charge in [0.2, 0.25) is 29.4 Å². The molecule has 1 saturated heterocycles. The fraction of sp³-hybridized carbons (Fsp3) is 0.585. The summed E-state index contributed by atoms with van der Waals surface area (Å²) >= 11 is 6.04. The summed E-state index contributed by atoms with van der Waals surface area (Å²) < 4.78 is 12.2. The van der Waals surface area contributed by atoms with Gasteiger partial charge in [0.15, 0.2) is 5.58 Å². The number of Topliss-reactive ketones (excluding diaryl/α,β-unsaturated/α-hetero) is 1. The number of ether oxygens (including phenoxy) is 1. The van der Waals surface area contributed by atoms with Gasteiger partial charge < -0.3 is 35.3 Å². The SMILES string of the molecule is CCC[C@@H](NC(=O)[C@H]1CC(Oc2ccc(Cl)cn2)CN1C(=O)[C@H](NC(=O)[C@@H](Nc1nc2c(C)cccc2o1)C1CCCCC1)C(C)(C)C)C(=O)C(=O)NC1CC1. The monoisotopic (exact) mass is 791 g/mol. The lowest BCUT2D eigenvalue weighted by atomic mass is 9.82. The molecule has 2 saturated carbocycles. The number of aromatic nitrogens is 2. The number of aryl methyl sites for hydroxylation is 1. The zero-order valence-corrected chi connectivity index (χ0v) is 33.6. The molecule has 3 fully saturated rings. The van der Waals surface area contributed by atoms with Crippen LogP contribution in [0.1, 0.15) is 97.5 Å². The second-order valence-corrected chi connectivity index (χ2v) is 17.0. The van der Waals surface area contributed by atoms with E-state index in [0.29, 0.717) is 22.5 Å². The summed E-state index contributed by atoms with van der Waals surface area (Å²) in [6.07, 6.45) is 7.94. The zero-order valence-electron chi connectivity index (χ0n) is 32.9. The highest BCUT2D eigenvalue weighted by molar-refractivity contribution is 6.38. The number of nitrogens with one attached hydrogen (secondary N) is 4. The van der Waals surface area contributed by atoms with Crippen molar-refractivity contribution in [2.45, 2.75) is 135 Å². The molecule has 5 atom stereocenters. The Balaban J connectivity index is 1.25. The molecular weight excluding hydrogens is 738 g/mol. The first kappa shape index (κ1) is 40.9. The number of oxazole rings is 1. The molecule has 4 amide bonds. The van der Waals surface area contributed by atoms with Gasteiger partial charge in [0, 0.05) is 24.7 Å². The minimum absolute atomic E-state index is 0.00476. The molecule has 0 radical (unpaired) electrons. The van der Waals surface area contributed by atoms with Gasteiger partial charge >= 0.3 is 0 Å². The standard InChI is InChI=1S/C41H54ClN7O7/c1-6-11-28(34(50)38(53)44-26-17-18-26)45-36(51)29-20-27(55-31-19-16-25(42)21-43-31)22-49(29)39(54)35(41(3,4)5)48-37(52)33(24-13-8-7-9-14-24)47-40-46-32-23(2)12-10-15-30(32)56-40/h10,12,15-16,19,21,24,26-29,33,35H,6-9,11,13-14,17-18,20,22H2,1-5H3,(H,44,53)(H,45,51)(H,46,47)(H,48,52)/t27?,28-,29-,33+,35+/m1/s1. The molecule has 1 unspecified atom stereocenters. The Morgan fingerprint density at radius 1 is 1.02 bits per heavy atom. The fourth-order valence-electron chi connectivity index (χ4n) is 7.64. The summed E-state index contributed by atoms with van der Waals surface area (Å²) in [6, 6.07) is 5.15. The predicted molar refractivity (Wildman–Crippen MR) is 211 cm³/mol. The second-order valence-electron chi connectivity index (χ2n) is 16.5. The van der Waals surface area contributed by atoms with Crippen molar-refractivity contribution in [2.75, 3.05) is 11.9 Å². The summed E-state index contributed by atoms with van der Waals surface area (Å²) in [5.74, 6) is -2.67. The van der Waals surface area contributed by atoms with Gasteiger partial charge in [0.1, 0.15) is 29.7 Å². The van der Waals surface area contributed by atoms with E-state index in [9.17, 15) is 24.0 Å². The molecule has 6 rings (SSSR count). The Kier molecular flexibility index (Phi) is 12.9. The number of hydrogen-bond acceptors (Lipinski definition) is 10. The first-order valence-electron chi connectivity index (χ1n) is 19.9. The zero-order chi connectivity index (χ0) is 40.1. The third-order valence-electron chi connectivity index (χ3n) is 10.9. The Hall–Kier alpha value is -4.72. The maximum absolute atomic E-state index is 14.8. The predicted octanol–water partition coefficient (Wildman–Crippen LogP) is 5.26. The van der Waals surface area contributed by atoms with Crippen molar-refractivity contribution in [3.8, 4) is 5.88 Å². The van der Waals surface area contributed by atoms with E-state index in [0.717, 1.165) is 50.5 Å². The average Bonchev–Trinajstić information content (AvgIpc) is 3.71. The van der Waals surface area contributed by atoms with Crippen LogP contribution < -0.4 is 26.0 Å². The van der Waals surface area contributed by atoms with Gasteiger partial charge in [-0.15, -0.1) is 0 Å². The first-order chi connectivity index (χ1) is 26.7. The molecule has 3 aromatic rings. The van der Waals surface area contributed by atoms with Crippen LogP contribution >= 0.6 is 11.6 Å². The van der Waals surface area contributed by atoms with Crippen molar-refractivity contribution < 1.29 is 33.1 Å². The van der Waals surface area contributed by atoms with E-state index in [-0.39, 0.29) is 49.1 Å². The van der Waals surface area contributed by atoms with Crippen LogP contribution in [0.4, 0.5) is 6.01 Å². The lowest BCUT2D eigenvalue weighted by Crippen LogP contribution is -2.61. The Morgan fingerprint density at radius 2 is 1.77 bits per heavy atom. The van der Waals surface area contributed by atoms with Crippen LogP contribution in [0.5, 0.6) is 5.88 Å². The molecule has 1 aromatic carbocycles. The molecular formula is C41H54ClN7O7. The molecule has 3 heterocycles. The molecule has 2 aliphatic carbocycles. The van der Waals surface area contributed by atoms with Crippen molar-refractivity contribution in [2.24, 2.45) is 11.3 Å². The number of rotatable bonds is 15. The Morgan fingerprint density at radius 3 is 2.41 bits per heavy atom. The lowest BCUT2D eigenvalue weighted by Gasteiger charge is -2.37. The third-order valence-corrected chi connectivity index (χ3v) is 11.1. The Labute approximate surface area is 332 Å². The average molecular weight is 792 g/mol. The smallest absolute Gasteiger partial charge is 0.296 e. The van der Waals surface area contributed by atoms with E-state index in [1.54, 1.807) is 12.1 Å². The van der Waals surface area contributed by atoms with Gasteiger partial charge in [-0.25, -0.2) is 4.98 Å². The third kappa shape index (κ3) is 9.98. The normalized spacial score (nSPS) is 20.5. The first-order valence-corrected chi connectivity index (χ1v) is 20.3. The molecule has 2 aromatic heterocycles. The number of pyridine rings is 1. The molecule has 15 heteroatoms. The van der Waals surface area contributed by atoms with E-state index >= 15 is 0 Å². The lowest BCUT2D eigenvalue weighted by molar-refractivity contribution is -0.145. The summed E-state index contributed by atoms with van der Waals surface area (Å²) in [4.78, 5) is 79.8. The quantitative estimate of drug-likeness (QED) is 0.148. The van der Waals surface area contributed by atoms with Crippen LogP contribution in [-0.4, -0.2) is 87.1 Å². The molecule has 56 heavy (non-hydrogen) atoms. The molecule has 1 aliphatic heterocycles. The van der Waals surface area contributed by atoms with Crippen molar-refractivity contribution in [1.82, 2.24) is 30.8 Å². The number of amides is 4. The van der Waals surface area contributed by atoms with Gasteiger partial charge in [0.25, 0.3) is 11.9 Å². The largest absolute Gasteiger partial charge is 0.472 e. The topological polar surface area (TPSA) is 185 Å². The van der Waals surface area contributed by atoms with Gasteiger partial charge in [-0.1, -0.05) is 77.1 Å². The summed E-state index contributed by atoms with van der Waals surface area (Å²) in [5.41, 5.74) is 1.46. The number of halogens is 1. The Bertz CT molecular complexity index is 1900. The number of benzene rings is 1. The number of carbonyl (C=O) groups excluding carboxylic acids is 5. The minimum atomic E-state index is -1.07. The summed E-state index contributed by atoms with van der Waals surface area (Å²) in [6.45, 7) is 9.37. The van der Waals surface area contributed by atoms with Crippen LogP contribution in [0.2, 0.25) is 5.02 Å². The van der Waals surface area contributed by atoms with Crippen molar-refractivity contribution in [1.29, 1.82) is 0 Å². The fourth-order valence-corrected chi connectivity index (χ4v) is 7.75. The molecule has 3 aliphatic rings. The highest BCUT2D eigenvalue weighted by atomic mass is 35.5. The molecule has 4 N–H and O–H groups in total. The summed E-state index contributed by atoms with van der Waals surface area (Å²) in [7, 11) is 0. The van der Waals surface area contributed by atoms with Gasteiger partial charge in [0.05, 0.1) is 17.6 Å². The van der Waals surface area contributed by atoms with E-state index in [1.807, 2.05) is 52.8 Å². The minimum Gasteiger partial charge on any atom is -0.472 e. The highest BCUT2D eigenvalue weighted by Crippen LogP contribution is 2.32. The number of hydrogen-bond donors (Lipinski definition) is 4. The van der Waals surface area contributed by atoms with Crippen LogP contribution in [0, 0.1) is 18.3 Å². The number of ketones is 1. The maximum Gasteiger partial charge on any atom is 0.296 e. The highest BCUT2D eigenvalue weighted by Gasteiger charge is 2.47. The number of fused-ring (bicyclic) bond motifs is 1. The van der Waals surface area contributed by atoms with E-state index < -0.39 is 59.2 Å². The van der Waals surface area contributed by atoms with Crippen molar-refractivity contribution in [3.63, 3.8) is 0 Å². The molecule has 14 nitrogen and oxygen atoms in total. The van der Waals surface area contributed by atoms with Crippen LogP contribution in [-0.2, 0) is 24.0 Å². The second kappa shape index (κ2) is 17.6.